The molecule has 0 spiro atoms. The second-order valence-corrected chi connectivity index (χ2v) is 6.56. The Kier molecular flexibility index (Phi) is 6.53. The first-order chi connectivity index (χ1) is 11.0. The average molecular weight is 324 g/mol. The largest absolute Gasteiger partial charge is 0.378 e. The maximum absolute atomic E-state index is 12.3. The molecule has 1 amide bonds. The molecule has 2 atom stereocenters. The van der Waals surface area contributed by atoms with Gasteiger partial charge in [-0.25, -0.2) is 0 Å². The number of hydrogen-bond donors (Lipinski definition) is 0. The van der Waals surface area contributed by atoms with Gasteiger partial charge in [0.1, 0.15) is 12.4 Å². The highest BCUT2D eigenvalue weighted by Crippen LogP contribution is 2.20. The zero-order valence-electron chi connectivity index (χ0n) is 14.6. The number of morpholine rings is 1. The summed E-state index contributed by atoms with van der Waals surface area (Å²) in [5.74, 6) is 1.47. The van der Waals surface area contributed by atoms with Crippen molar-refractivity contribution in [3.05, 3.63) is 12.2 Å². The topological polar surface area (TPSA) is 69.5 Å². The summed E-state index contributed by atoms with van der Waals surface area (Å²) in [5, 5.41) is 7.94. The molecular formula is C16H28N4O3. The molecule has 1 aromatic rings. The molecule has 1 fully saturated rings. The first kappa shape index (κ1) is 17.9. The number of ether oxygens (including phenoxy) is 2. The van der Waals surface area contributed by atoms with E-state index in [9.17, 15) is 4.79 Å². The number of aromatic nitrogens is 3. The number of carbonyl (C=O) groups is 1. The maximum Gasteiger partial charge on any atom is 0.225 e. The second-order valence-electron chi connectivity index (χ2n) is 6.56. The van der Waals surface area contributed by atoms with Crippen LogP contribution in [0.25, 0.3) is 0 Å². The van der Waals surface area contributed by atoms with Crippen molar-refractivity contribution >= 4 is 5.91 Å². The van der Waals surface area contributed by atoms with Gasteiger partial charge in [-0.1, -0.05) is 13.8 Å². The molecule has 0 bridgehead atoms. The van der Waals surface area contributed by atoms with E-state index in [1.165, 1.54) is 0 Å². The lowest BCUT2D eigenvalue weighted by Gasteiger charge is -2.32. The van der Waals surface area contributed by atoms with E-state index in [4.69, 9.17) is 9.47 Å². The highest BCUT2D eigenvalue weighted by atomic mass is 16.5. The molecule has 7 nitrogen and oxygen atoms in total. The van der Waals surface area contributed by atoms with Crippen molar-refractivity contribution < 1.29 is 14.3 Å². The van der Waals surface area contributed by atoms with Gasteiger partial charge in [0, 0.05) is 13.6 Å². The van der Waals surface area contributed by atoms with E-state index in [1.54, 1.807) is 6.33 Å². The Bertz CT molecular complexity index is 503. The van der Waals surface area contributed by atoms with Crippen molar-refractivity contribution in [2.45, 2.75) is 45.8 Å². The monoisotopic (exact) mass is 324 g/mol. The van der Waals surface area contributed by atoms with E-state index < -0.39 is 0 Å². The fraction of sp³-hybridized carbons (Fsp3) is 0.812. The van der Waals surface area contributed by atoms with E-state index in [0.717, 1.165) is 12.2 Å². The van der Waals surface area contributed by atoms with E-state index in [0.29, 0.717) is 38.6 Å². The summed E-state index contributed by atoms with van der Waals surface area (Å²) < 4.78 is 13.3. The van der Waals surface area contributed by atoms with Crippen LogP contribution in [0.2, 0.25) is 0 Å². The van der Waals surface area contributed by atoms with Crippen molar-refractivity contribution in [1.29, 1.82) is 0 Å². The molecule has 0 N–H and O–H groups in total. The molecule has 0 aromatic carbocycles. The quantitative estimate of drug-likeness (QED) is 0.761. The number of hydrogen-bond acceptors (Lipinski definition) is 5. The standard InChI is InChI=1S/C16H28N4O3/c1-12(2)9-13(3)22-7-5-15(21)20-6-8-23-14(10-20)16-18-17-11-19(16)4/h11-14H,5-10H2,1-4H3/t13-,14+/m1/s1. The molecule has 2 rings (SSSR count). The first-order valence-electron chi connectivity index (χ1n) is 8.32. The smallest absolute Gasteiger partial charge is 0.225 e. The van der Waals surface area contributed by atoms with E-state index in [-0.39, 0.29) is 18.1 Å². The van der Waals surface area contributed by atoms with E-state index >= 15 is 0 Å². The van der Waals surface area contributed by atoms with Gasteiger partial charge in [-0.15, -0.1) is 10.2 Å². The predicted molar refractivity (Wildman–Crippen MR) is 85.8 cm³/mol. The SMILES string of the molecule is CC(C)C[C@@H](C)OCCC(=O)N1CCO[C@H](c2nncn2C)C1. The zero-order chi connectivity index (χ0) is 16.8. The molecule has 1 aliphatic heterocycles. The molecule has 0 saturated carbocycles. The Labute approximate surface area is 138 Å². The summed E-state index contributed by atoms with van der Waals surface area (Å²) in [6.45, 7) is 8.54. The van der Waals surface area contributed by atoms with Crippen LogP contribution >= 0.6 is 0 Å². The summed E-state index contributed by atoms with van der Waals surface area (Å²) in [4.78, 5) is 14.2. The number of aryl methyl sites for hydroxylation is 1. The third kappa shape index (κ3) is 5.28. The Morgan fingerprint density at radius 3 is 2.91 bits per heavy atom. The summed E-state index contributed by atoms with van der Waals surface area (Å²) >= 11 is 0. The summed E-state index contributed by atoms with van der Waals surface area (Å²) in [5.41, 5.74) is 0. The minimum Gasteiger partial charge on any atom is -0.378 e. The lowest BCUT2D eigenvalue weighted by atomic mass is 10.1. The number of rotatable bonds is 7. The van der Waals surface area contributed by atoms with Crippen LogP contribution in [0, 0.1) is 5.92 Å². The molecule has 1 saturated heterocycles. The van der Waals surface area contributed by atoms with Gasteiger partial charge in [-0.3, -0.25) is 4.79 Å². The van der Waals surface area contributed by atoms with Gasteiger partial charge >= 0.3 is 0 Å². The second kappa shape index (κ2) is 8.40. The normalized spacial score (nSPS) is 20.0. The van der Waals surface area contributed by atoms with Crippen molar-refractivity contribution in [1.82, 2.24) is 19.7 Å². The molecule has 130 valence electrons. The molecule has 0 radical (unpaired) electrons. The Balaban J connectivity index is 1.77. The van der Waals surface area contributed by atoms with Crippen LogP contribution < -0.4 is 0 Å². The average Bonchev–Trinajstić information content (AvgIpc) is 2.92. The van der Waals surface area contributed by atoms with Crippen molar-refractivity contribution in [2.75, 3.05) is 26.3 Å². The Morgan fingerprint density at radius 2 is 2.26 bits per heavy atom. The zero-order valence-corrected chi connectivity index (χ0v) is 14.6. The fourth-order valence-corrected chi connectivity index (χ4v) is 2.85. The van der Waals surface area contributed by atoms with E-state index in [1.807, 2.05) is 16.5 Å². The highest BCUT2D eigenvalue weighted by Gasteiger charge is 2.28. The predicted octanol–water partition coefficient (Wildman–Crippen LogP) is 1.56. The Morgan fingerprint density at radius 1 is 1.48 bits per heavy atom. The number of nitrogens with zero attached hydrogens (tertiary/aromatic N) is 4. The van der Waals surface area contributed by atoms with Gasteiger partial charge in [0.15, 0.2) is 5.82 Å². The minimum atomic E-state index is -0.207. The third-order valence-corrected chi connectivity index (χ3v) is 3.98. The van der Waals surface area contributed by atoms with Crippen LogP contribution in [0.4, 0.5) is 0 Å². The molecular weight excluding hydrogens is 296 g/mol. The van der Waals surface area contributed by atoms with Crippen molar-refractivity contribution in [3.8, 4) is 0 Å². The summed E-state index contributed by atoms with van der Waals surface area (Å²) in [6.07, 6.45) is 3.05. The number of carbonyl (C=O) groups excluding carboxylic acids is 1. The molecule has 1 aromatic heterocycles. The fourth-order valence-electron chi connectivity index (χ4n) is 2.85. The van der Waals surface area contributed by atoms with E-state index in [2.05, 4.69) is 31.0 Å². The highest BCUT2D eigenvalue weighted by molar-refractivity contribution is 5.76. The lowest BCUT2D eigenvalue weighted by Crippen LogP contribution is -2.43. The van der Waals surface area contributed by atoms with Crippen LogP contribution in [0.15, 0.2) is 6.33 Å². The molecule has 1 aliphatic rings. The molecule has 23 heavy (non-hydrogen) atoms. The number of amides is 1. The minimum absolute atomic E-state index is 0.109. The molecule has 7 heteroatoms. The van der Waals surface area contributed by atoms with Crippen LogP contribution in [0.1, 0.15) is 45.5 Å². The van der Waals surface area contributed by atoms with Crippen molar-refractivity contribution in [3.63, 3.8) is 0 Å². The third-order valence-electron chi connectivity index (χ3n) is 3.98. The van der Waals surface area contributed by atoms with Gasteiger partial charge in [0.25, 0.3) is 0 Å². The first-order valence-corrected chi connectivity index (χ1v) is 8.32. The van der Waals surface area contributed by atoms with Crippen LogP contribution in [-0.4, -0.2) is 58.0 Å². The molecule has 0 aliphatic carbocycles. The van der Waals surface area contributed by atoms with Gasteiger partial charge in [-0.05, 0) is 19.3 Å². The maximum atomic E-state index is 12.3. The summed E-state index contributed by atoms with van der Waals surface area (Å²) in [6, 6.07) is 0. The molecule has 2 heterocycles. The molecule has 0 unspecified atom stereocenters. The van der Waals surface area contributed by atoms with Crippen LogP contribution in [0.3, 0.4) is 0 Å². The van der Waals surface area contributed by atoms with Gasteiger partial charge in [0.2, 0.25) is 5.91 Å². The van der Waals surface area contributed by atoms with Gasteiger partial charge in [-0.2, -0.15) is 0 Å². The lowest BCUT2D eigenvalue weighted by molar-refractivity contribution is -0.141. The van der Waals surface area contributed by atoms with Gasteiger partial charge < -0.3 is 18.9 Å². The van der Waals surface area contributed by atoms with Crippen molar-refractivity contribution in [2.24, 2.45) is 13.0 Å². The van der Waals surface area contributed by atoms with Crippen LogP contribution in [0.5, 0.6) is 0 Å². The van der Waals surface area contributed by atoms with Gasteiger partial charge in [0.05, 0.1) is 32.3 Å². The Hall–Kier alpha value is -1.47. The summed E-state index contributed by atoms with van der Waals surface area (Å²) in [7, 11) is 1.88. The van der Waals surface area contributed by atoms with Crippen LogP contribution in [-0.2, 0) is 21.3 Å².